The quantitative estimate of drug-likeness (QED) is 0.292. The zero-order valence-electron chi connectivity index (χ0n) is 11.4. The summed E-state index contributed by atoms with van der Waals surface area (Å²) in [7, 11) is 2.91. The molecule has 0 aliphatic carbocycles. The first-order valence-corrected chi connectivity index (χ1v) is 5.69. The predicted octanol–water partition coefficient (Wildman–Crippen LogP) is 2.03. The molecule has 0 radical (unpaired) electrons. The summed E-state index contributed by atoms with van der Waals surface area (Å²) in [6.45, 7) is 0. The lowest BCUT2D eigenvalue weighted by Crippen LogP contribution is -1.99. The van der Waals surface area contributed by atoms with Gasteiger partial charge in [-0.15, -0.1) is 0 Å². The van der Waals surface area contributed by atoms with Gasteiger partial charge in [0.15, 0.2) is 17.3 Å². The fourth-order valence-corrected chi connectivity index (χ4v) is 1.52. The van der Waals surface area contributed by atoms with Crippen LogP contribution in [0.15, 0.2) is 35.4 Å². The molecule has 0 atom stereocenters. The molecule has 1 aromatic carbocycles. The summed E-state index contributed by atoms with van der Waals surface area (Å²) in [5.74, 6) is 2.17. The van der Waals surface area contributed by atoms with Crippen molar-refractivity contribution in [2.45, 2.75) is 0 Å². The van der Waals surface area contributed by atoms with Crippen LogP contribution >= 0.6 is 0 Å². The maximum absolute atomic E-state index is 12.1. The van der Waals surface area contributed by atoms with Crippen LogP contribution in [0.2, 0.25) is 0 Å². The molecule has 21 heavy (non-hydrogen) atoms. The van der Waals surface area contributed by atoms with Gasteiger partial charge in [-0.2, -0.15) is 10.5 Å². The van der Waals surface area contributed by atoms with E-state index in [4.69, 9.17) is 25.4 Å². The van der Waals surface area contributed by atoms with Crippen LogP contribution in [0.1, 0.15) is 10.4 Å². The van der Waals surface area contributed by atoms with E-state index in [0.29, 0.717) is 11.5 Å². The molecule has 0 fully saturated rings. The van der Waals surface area contributed by atoms with Crippen molar-refractivity contribution in [3.8, 4) is 23.6 Å². The Bertz CT molecular complexity index is 730. The van der Waals surface area contributed by atoms with Crippen LogP contribution in [0.3, 0.4) is 0 Å². The Morgan fingerprint density at radius 2 is 1.86 bits per heavy atom. The van der Waals surface area contributed by atoms with Gasteiger partial charge in [-0.1, -0.05) is 0 Å². The Labute approximate surface area is 121 Å². The molecule has 0 saturated heterocycles. The summed E-state index contributed by atoms with van der Waals surface area (Å²) in [6.07, 6.45) is 0.987. The first kappa shape index (κ1) is 15.7. The van der Waals surface area contributed by atoms with Gasteiger partial charge in [-0.3, -0.25) is 10.2 Å². The first-order valence-electron chi connectivity index (χ1n) is 5.69. The third-order valence-corrected chi connectivity index (χ3v) is 2.57. The molecule has 1 aromatic rings. The van der Waals surface area contributed by atoms with E-state index < -0.39 is 5.78 Å². The SMILES string of the molecule is COc1ccc(C(=O)C=C(C#N)C(=C=N)C#N)cc1OC. The maximum Gasteiger partial charge on any atom is 0.187 e. The average Bonchev–Trinajstić information content (AvgIpc) is 2.53. The molecule has 6 heteroatoms. The highest BCUT2D eigenvalue weighted by Gasteiger charge is 2.12. The molecule has 1 rings (SSSR count). The minimum atomic E-state index is -0.490. The van der Waals surface area contributed by atoms with Crippen molar-refractivity contribution in [2.24, 2.45) is 0 Å². The molecule has 0 aliphatic heterocycles. The third kappa shape index (κ3) is 3.57. The van der Waals surface area contributed by atoms with E-state index in [1.54, 1.807) is 18.2 Å². The minimum absolute atomic E-state index is 0.215. The van der Waals surface area contributed by atoms with Gasteiger partial charge in [0.25, 0.3) is 0 Å². The fourth-order valence-electron chi connectivity index (χ4n) is 1.52. The number of allylic oxidation sites excluding steroid dienone is 3. The van der Waals surface area contributed by atoms with Crippen molar-refractivity contribution in [3.05, 3.63) is 41.0 Å². The van der Waals surface area contributed by atoms with E-state index in [1.165, 1.54) is 26.4 Å². The Hall–Kier alpha value is -3.34. The van der Waals surface area contributed by atoms with Crippen molar-refractivity contribution in [2.75, 3.05) is 14.2 Å². The molecule has 0 aromatic heterocycles. The van der Waals surface area contributed by atoms with Crippen molar-refractivity contribution >= 4 is 11.7 Å². The van der Waals surface area contributed by atoms with Crippen LogP contribution in [-0.4, -0.2) is 25.9 Å². The van der Waals surface area contributed by atoms with Crippen molar-refractivity contribution in [1.29, 1.82) is 15.9 Å². The molecule has 0 heterocycles. The van der Waals surface area contributed by atoms with Crippen molar-refractivity contribution in [1.82, 2.24) is 0 Å². The van der Waals surface area contributed by atoms with Gasteiger partial charge in [-0.05, 0) is 24.1 Å². The number of rotatable bonds is 5. The number of nitrogens with one attached hydrogen (secondary N) is 1. The molecule has 0 unspecified atom stereocenters. The van der Waals surface area contributed by atoms with E-state index in [-0.39, 0.29) is 16.7 Å². The van der Waals surface area contributed by atoms with Gasteiger partial charge in [0.2, 0.25) is 0 Å². The van der Waals surface area contributed by atoms with Crippen LogP contribution in [0.25, 0.3) is 0 Å². The molecule has 0 spiro atoms. The molecule has 104 valence electrons. The maximum atomic E-state index is 12.1. The number of hydrogen-bond acceptors (Lipinski definition) is 6. The monoisotopic (exact) mass is 281 g/mol. The highest BCUT2D eigenvalue weighted by molar-refractivity contribution is 6.06. The second-order valence-electron chi connectivity index (χ2n) is 3.72. The van der Waals surface area contributed by atoms with Crippen LogP contribution in [0.5, 0.6) is 11.5 Å². The van der Waals surface area contributed by atoms with E-state index in [9.17, 15) is 4.79 Å². The number of methoxy groups -OCH3 is 2. The normalized spacial score (nSPS) is 9.81. The molecule has 0 aliphatic rings. The molecular weight excluding hydrogens is 270 g/mol. The number of ether oxygens (including phenoxy) is 2. The third-order valence-electron chi connectivity index (χ3n) is 2.57. The standard InChI is InChI=1S/C15H11N3O3/c1-20-14-4-3-10(6-15(14)21-2)13(19)5-11(7-16)12(8-17)9-18/h3-6,17H,1-2H3. The number of benzene rings is 1. The predicted molar refractivity (Wildman–Crippen MR) is 74.4 cm³/mol. The smallest absolute Gasteiger partial charge is 0.187 e. The van der Waals surface area contributed by atoms with Crippen LogP contribution in [0.4, 0.5) is 0 Å². The van der Waals surface area contributed by atoms with Gasteiger partial charge >= 0.3 is 0 Å². The highest BCUT2D eigenvalue weighted by atomic mass is 16.5. The van der Waals surface area contributed by atoms with E-state index in [0.717, 1.165) is 6.08 Å². The van der Waals surface area contributed by atoms with Crippen LogP contribution in [-0.2, 0) is 0 Å². The Kier molecular flexibility index (Phi) is 5.46. The van der Waals surface area contributed by atoms with E-state index >= 15 is 0 Å². The molecule has 0 amide bonds. The Morgan fingerprint density at radius 3 is 2.33 bits per heavy atom. The molecule has 0 bridgehead atoms. The van der Waals surface area contributed by atoms with Gasteiger partial charge in [-0.25, -0.2) is 0 Å². The number of nitriles is 2. The second-order valence-corrected chi connectivity index (χ2v) is 3.72. The Morgan fingerprint density at radius 1 is 1.19 bits per heavy atom. The summed E-state index contributed by atoms with van der Waals surface area (Å²) in [4.78, 5) is 12.1. The van der Waals surface area contributed by atoms with Gasteiger partial charge < -0.3 is 9.47 Å². The molecular formula is C15H11N3O3. The number of carbonyl (C=O) groups excluding carboxylic acids is 1. The topological polar surface area (TPSA) is 107 Å². The summed E-state index contributed by atoms with van der Waals surface area (Å²) < 4.78 is 10.1. The lowest BCUT2D eigenvalue weighted by atomic mass is 10.0. The van der Waals surface area contributed by atoms with Gasteiger partial charge in [0.05, 0.1) is 19.8 Å². The minimum Gasteiger partial charge on any atom is -0.493 e. The highest BCUT2D eigenvalue weighted by Crippen LogP contribution is 2.28. The molecule has 6 nitrogen and oxygen atoms in total. The van der Waals surface area contributed by atoms with Crippen LogP contribution in [0, 0.1) is 28.1 Å². The number of carbonyl (C=O) groups is 1. The van der Waals surface area contributed by atoms with Crippen molar-refractivity contribution in [3.63, 3.8) is 0 Å². The zero-order chi connectivity index (χ0) is 15.8. The lowest BCUT2D eigenvalue weighted by molar-refractivity contribution is 0.104. The summed E-state index contributed by atoms with van der Waals surface area (Å²) in [5, 5.41) is 24.6. The number of ketones is 1. The summed E-state index contributed by atoms with van der Waals surface area (Å²) >= 11 is 0. The van der Waals surface area contributed by atoms with Crippen molar-refractivity contribution < 1.29 is 14.3 Å². The Balaban J connectivity index is 3.24. The van der Waals surface area contributed by atoms with E-state index in [2.05, 4.69) is 0 Å². The number of hydrogen-bond donors (Lipinski definition) is 1. The van der Waals surface area contributed by atoms with Gasteiger partial charge in [0.1, 0.15) is 17.7 Å². The van der Waals surface area contributed by atoms with E-state index in [1.807, 2.05) is 5.87 Å². The molecule has 1 N–H and O–H groups in total. The van der Waals surface area contributed by atoms with Gasteiger partial charge in [0, 0.05) is 11.6 Å². The second kappa shape index (κ2) is 7.30. The average molecular weight is 281 g/mol. The fraction of sp³-hybridized carbons (Fsp3) is 0.133. The summed E-state index contributed by atoms with van der Waals surface area (Å²) in [5.41, 5.74) is -0.249. The van der Waals surface area contributed by atoms with Crippen LogP contribution < -0.4 is 9.47 Å². The molecule has 0 saturated carbocycles. The summed E-state index contributed by atoms with van der Waals surface area (Å²) in [6, 6.07) is 7.86. The lowest BCUT2D eigenvalue weighted by Gasteiger charge is -2.08. The zero-order valence-corrected chi connectivity index (χ0v) is 11.4. The largest absolute Gasteiger partial charge is 0.493 e. The number of nitrogens with zero attached hydrogens (tertiary/aromatic N) is 2. The first-order chi connectivity index (χ1) is 10.1.